The predicted molar refractivity (Wildman–Crippen MR) is 117 cm³/mol. The van der Waals surface area contributed by atoms with Crippen LogP contribution in [0.2, 0.25) is 0 Å². The molecule has 6 rings (SSSR count). The third-order valence-electron chi connectivity index (χ3n) is 7.49. The molecule has 0 spiro atoms. The van der Waals surface area contributed by atoms with Crippen molar-refractivity contribution < 1.29 is 14.4 Å². The minimum atomic E-state index is -0.901. The van der Waals surface area contributed by atoms with Gasteiger partial charge in [0.1, 0.15) is 5.54 Å². The molecule has 3 N–H and O–H groups in total. The van der Waals surface area contributed by atoms with Crippen LogP contribution < -0.4 is 15.5 Å². The molecular weight excluding hydrogens is 408 g/mol. The number of carbonyl (C=O) groups excluding carboxylic acids is 3. The van der Waals surface area contributed by atoms with Gasteiger partial charge in [-0.2, -0.15) is 5.10 Å². The van der Waals surface area contributed by atoms with Crippen molar-refractivity contribution in [1.29, 1.82) is 0 Å². The van der Waals surface area contributed by atoms with Gasteiger partial charge in [-0.05, 0) is 48.8 Å². The van der Waals surface area contributed by atoms with Gasteiger partial charge in [0.25, 0.3) is 5.91 Å². The van der Waals surface area contributed by atoms with Crippen LogP contribution in [0.25, 0.3) is 11.1 Å². The van der Waals surface area contributed by atoms with Gasteiger partial charge >= 0.3 is 6.03 Å². The predicted octanol–water partition coefficient (Wildman–Crippen LogP) is 1.42. The van der Waals surface area contributed by atoms with Gasteiger partial charge in [-0.3, -0.25) is 20.0 Å². The van der Waals surface area contributed by atoms with E-state index in [0.717, 1.165) is 36.9 Å². The highest BCUT2D eigenvalue weighted by atomic mass is 16.2. The maximum atomic E-state index is 13.1. The first-order chi connectivity index (χ1) is 15.5. The molecule has 1 aromatic heterocycles. The number of anilines is 1. The summed E-state index contributed by atoms with van der Waals surface area (Å²) in [6.45, 7) is 2.15. The first kappa shape index (κ1) is 19.3. The average molecular weight is 435 g/mol. The van der Waals surface area contributed by atoms with Gasteiger partial charge in [-0.25, -0.2) is 4.79 Å². The van der Waals surface area contributed by atoms with Crippen LogP contribution in [0.5, 0.6) is 0 Å². The maximum Gasteiger partial charge on any atom is 0.322 e. The molecule has 4 amide bonds. The van der Waals surface area contributed by atoms with Crippen molar-refractivity contribution in [1.82, 2.24) is 25.7 Å². The van der Waals surface area contributed by atoms with E-state index in [4.69, 9.17) is 0 Å². The molecule has 1 aliphatic carbocycles. The topological polar surface area (TPSA) is 110 Å². The standard InChI is InChI=1S/C23H26N6O3/c30-20(5-6-23(17-3-4-17)21(31)26-22(32)27-23)28-7-8-29-18(13-28)9-15-2-1-14(10-19(15)29)16-11-24-25-12-16/h1-2,10-12,17-18H,3-9,13H2,(H,24,25)(H2,26,27,31,32)/t18?,23-/m0/s1. The molecule has 2 saturated heterocycles. The van der Waals surface area contributed by atoms with E-state index in [1.807, 2.05) is 17.3 Å². The number of nitrogens with zero attached hydrogens (tertiary/aromatic N) is 3. The lowest BCUT2D eigenvalue weighted by atomic mass is 9.87. The van der Waals surface area contributed by atoms with E-state index in [0.29, 0.717) is 19.5 Å². The lowest BCUT2D eigenvalue weighted by Crippen LogP contribution is -2.54. The molecule has 0 radical (unpaired) electrons. The molecule has 2 atom stereocenters. The van der Waals surface area contributed by atoms with Crippen LogP contribution in [0, 0.1) is 5.92 Å². The van der Waals surface area contributed by atoms with Crippen LogP contribution in [-0.2, 0) is 16.0 Å². The van der Waals surface area contributed by atoms with E-state index in [1.165, 1.54) is 11.3 Å². The molecule has 3 aliphatic heterocycles. The summed E-state index contributed by atoms with van der Waals surface area (Å²) in [4.78, 5) is 41.6. The largest absolute Gasteiger partial charge is 0.364 e. The number of H-pyrrole nitrogens is 1. The molecule has 0 bridgehead atoms. The Kier molecular flexibility index (Phi) is 4.28. The number of aromatic amines is 1. The van der Waals surface area contributed by atoms with Gasteiger partial charge in [-0.1, -0.05) is 12.1 Å². The summed E-state index contributed by atoms with van der Waals surface area (Å²) in [5, 5.41) is 12.1. The first-order valence-electron chi connectivity index (χ1n) is 11.3. The average Bonchev–Trinajstić information content (AvgIpc) is 3.25. The molecule has 4 heterocycles. The van der Waals surface area contributed by atoms with Crippen LogP contribution in [-0.4, -0.2) is 64.2 Å². The normalized spacial score (nSPS) is 26.6. The number of piperazine rings is 1. The maximum absolute atomic E-state index is 13.1. The van der Waals surface area contributed by atoms with Gasteiger partial charge < -0.3 is 15.1 Å². The monoisotopic (exact) mass is 434 g/mol. The number of hydrogen-bond donors (Lipinski definition) is 3. The minimum absolute atomic E-state index is 0.0636. The van der Waals surface area contributed by atoms with E-state index >= 15 is 0 Å². The third kappa shape index (κ3) is 3.06. The van der Waals surface area contributed by atoms with Crippen LogP contribution in [0.4, 0.5) is 10.5 Å². The Bertz CT molecular complexity index is 1100. The van der Waals surface area contributed by atoms with Crippen LogP contribution in [0.3, 0.4) is 0 Å². The van der Waals surface area contributed by atoms with Gasteiger partial charge in [0, 0.05) is 43.5 Å². The molecule has 32 heavy (non-hydrogen) atoms. The zero-order chi connectivity index (χ0) is 21.9. The summed E-state index contributed by atoms with van der Waals surface area (Å²) in [6, 6.07) is 6.36. The van der Waals surface area contributed by atoms with Gasteiger partial charge in [0.15, 0.2) is 0 Å². The van der Waals surface area contributed by atoms with Gasteiger partial charge in [0.2, 0.25) is 5.91 Å². The fraction of sp³-hybridized carbons (Fsp3) is 0.478. The summed E-state index contributed by atoms with van der Waals surface area (Å²) in [7, 11) is 0. The zero-order valence-corrected chi connectivity index (χ0v) is 17.8. The Morgan fingerprint density at radius 1 is 1.19 bits per heavy atom. The molecule has 4 aliphatic rings. The lowest BCUT2D eigenvalue weighted by molar-refractivity contribution is -0.133. The van der Waals surface area contributed by atoms with Crippen molar-refractivity contribution in [2.45, 2.75) is 43.7 Å². The highest BCUT2D eigenvalue weighted by Crippen LogP contribution is 2.44. The van der Waals surface area contributed by atoms with E-state index in [1.54, 1.807) is 0 Å². The van der Waals surface area contributed by atoms with Gasteiger partial charge in [-0.15, -0.1) is 0 Å². The van der Waals surface area contributed by atoms with Crippen molar-refractivity contribution in [3.63, 3.8) is 0 Å². The number of aromatic nitrogens is 2. The molecular formula is C23H26N6O3. The summed E-state index contributed by atoms with van der Waals surface area (Å²) >= 11 is 0. The number of hydrogen-bond acceptors (Lipinski definition) is 5. The molecule has 2 aromatic rings. The Morgan fingerprint density at radius 2 is 2.06 bits per heavy atom. The van der Waals surface area contributed by atoms with Crippen LogP contribution in [0.15, 0.2) is 30.6 Å². The molecule has 166 valence electrons. The SMILES string of the molecule is O=C1NC(=O)[C@](CCC(=O)N2CCN3c4cc(-c5cn[nH]c5)ccc4CC3C2)(C2CC2)N1. The Hall–Kier alpha value is -3.36. The van der Waals surface area contributed by atoms with Crippen molar-refractivity contribution in [2.24, 2.45) is 5.92 Å². The fourth-order valence-electron chi connectivity index (χ4n) is 5.63. The lowest BCUT2D eigenvalue weighted by Gasteiger charge is -2.39. The first-order valence-corrected chi connectivity index (χ1v) is 11.3. The van der Waals surface area contributed by atoms with Crippen molar-refractivity contribution in [3.05, 3.63) is 36.2 Å². The summed E-state index contributed by atoms with van der Waals surface area (Å²) in [5.41, 5.74) is 3.87. The number of imide groups is 1. The van der Waals surface area contributed by atoms with Crippen molar-refractivity contribution in [3.8, 4) is 11.1 Å². The summed E-state index contributed by atoms with van der Waals surface area (Å²) < 4.78 is 0. The molecule has 9 nitrogen and oxygen atoms in total. The zero-order valence-electron chi connectivity index (χ0n) is 17.8. The Balaban J connectivity index is 1.12. The number of amides is 4. The van der Waals surface area contributed by atoms with E-state index in [2.05, 4.69) is 43.9 Å². The fourth-order valence-corrected chi connectivity index (χ4v) is 5.63. The quantitative estimate of drug-likeness (QED) is 0.617. The summed E-state index contributed by atoms with van der Waals surface area (Å²) in [5.74, 6) is -0.0664. The highest BCUT2D eigenvalue weighted by molar-refractivity contribution is 6.07. The minimum Gasteiger partial charge on any atom is -0.364 e. The molecule has 1 saturated carbocycles. The molecule has 1 aromatic carbocycles. The number of urea groups is 1. The number of carbonyl (C=O) groups is 3. The number of fused-ring (bicyclic) bond motifs is 3. The molecule has 1 unspecified atom stereocenters. The van der Waals surface area contributed by atoms with Crippen molar-refractivity contribution in [2.75, 3.05) is 24.5 Å². The van der Waals surface area contributed by atoms with Crippen molar-refractivity contribution >= 4 is 23.5 Å². The molecule has 9 heteroatoms. The smallest absolute Gasteiger partial charge is 0.322 e. The number of nitrogens with one attached hydrogen (secondary N) is 3. The van der Waals surface area contributed by atoms with Crippen LogP contribution in [0.1, 0.15) is 31.2 Å². The van der Waals surface area contributed by atoms with E-state index in [9.17, 15) is 14.4 Å². The van der Waals surface area contributed by atoms with Gasteiger partial charge in [0.05, 0.1) is 12.2 Å². The van der Waals surface area contributed by atoms with Crippen LogP contribution >= 0.6 is 0 Å². The second-order valence-electron chi connectivity index (χ2n) is 9.38. The second kappa shape index (κ2) is 7.08. The Labute approximate surface area is 185 Å². The van der Waals surface area contributed by atoms with E-state index in [-0.39, 0.29) is 30.2 Å². The number of rotatable bonds is 5. The molecule has 3 fully saturated rings. The van der Waals surface area contributed by atoms with E-state index < -0.39 is 11.6 Å². The third-order valence-corrected chi connectivity index (χ3v) is 7.49. The highest BCUT2D eigenvalue weighted by Gasteiger charge is 2.55. The number of benzene rings is 1. The summed E-state index contributed by atoms with van der Waals surface area (Å²) in [6.07, 6.45) is 7.12. The second-order valence-corrected chi connectivity index (χ2v) is 9.38. The Morgan fingerprint density at radius 3 is 2.78 bits per heavy atom.